The summed E-state index contributed by atoms with van der Waals surface area (Å²) >= 11 is 0. The SMILES string of the molecule is COC(=O)C1CN(Cc2cc(C)no2)CCO1. The van der Waals surface area contributed by atoms with Crippen LogP contribution in [0, 0.1) is 6.92 Å². The summed E-state index contributed by atoms with van der Waals surface area (Å²) in [6, 6.07) is 1.89. The van der Waals surface area contributed by atoms with E-state index in [1.165, 1.54) is 7.11 Å². The number of aryl methyl sites for hydroxylation is 1. The van der Waals surface area contributed by atoms with Gasteiger partial charge in [-0.15, -0.1) is 0 Å². The van der Waals surface area contributed by atoms with Crippen molar-refractivity contribution in [2.45, 2.75) is 19.6 Å². The van der Waals surface area contributed by atoms with Crippen molar-refractivity contribution in [1.82, 2.24) is 10.1 Å². The summed E-state index contributed by atoms with van der Waals surface area (Å²) in [5.74, 6) is 0.469. The fourth-order valence-electron chi connectivity index (χ4n) is 1.83. The lowest BCUT2D eigenvalue weighted by atomic mass is 10.2. The minimum atomic E-state index is -0.502. The molecule has 6 heteroatoms. The van der Waals surface area contributed by atoms with Crippen LogP contribution in [0.3, 0.4) is 0 Å². The molecular formula is C11H16N2O4. The standard InChI is InChI=1S/C11H16N2O4/c1-8-5-9(17-12-8)6-13-3-4-16-10(7-13)11(14)15-2/h5,10H,3-4,6-7H2,1-2H3. The summed E-state index contributed by atoms with van der Waals surface area (Å²) in [7, 11) is 1.37. The van der Waals surface area contributed by atoms with Crippen molar-refractivity contribution < 1.29 is 18.8 Å². The van der Waals surface area contributed by atoms with Gasteiger partial charge in [0, 0.05) is 19.2 Å². The largest absolute Gasteiger partial charge is 0.467 e. The van der Waals surface area contributed by atoms with Gasteiger partial charge >= 0.3 is 5.97 Å². The van der Waals surface area contributed by atoms with Gasteiger partial charge in [0.05, 0.1) is 26.0 Å². The van der Waals surface area contributed by atoms with E-state index in [-0.39, 0.29) is 5.97 Å². The van der Waals surface area contributed by atoms with Crippen LogP contribution in [0.15, 0.2) is 10.6 Å². The van der Waals surface area contributed by atoms with Gasteiger partial charge in [-0.1, -0.05) is 5.16 Å². The number of ether oxygens (including phenoxy) is 2. The summed E-state index contributed by atoms with van der Waals surface area (Å²) in [5.41, 5.74) is 0.859. The number of esters is 1. The van der Waals surface area contributed by atoms with E-state index in [0.717, 1.165) is 18.0 Å². The van der Waals surface area contributed by atoms with E-state index in [1.807, 2.05) is 13.0 Å². The number of hydrogen-bond acceptors (Lipinski definition) is 6. The van der Waals surface area contributed by atoms with E-state index >= 15 is 0 Å². The first kappa shape index (κ1) is 12.1. The molecule has 0 N–H and O–H groups in total. The van der Waals surface area contributed by atoms with Crippen LogP contribution < -0.4 is 0 Å². The van der Waals surface area contributed by atoms with E-state index in [0.29, 0.717) is 19.7 Å². The second kappa shape index (κ2) is 5.29. The Bertz CT molecular complexity index is 391. The Hall–Kier alpha value is -1.40. The Morgan fingerprint density at radius 1 is 1.71 bits per heavy atom. The molecule has 1 saturated heterocycles. The summed E-state index contributed by atoms with van der Waals surface area (Å²) in [6.45, 7) is 4.33. The predicted molar refractivity (Wildman–Crippen MR) is 58.3 cm³/mol. The topological polar surface area (TPSA) is 64.8 Å². The monoisotopic (exact) mass is 240 g/mol. The number of morpholine rings is 1. The Morgan fingerprint density at radius 2 is 2.53 bits per heavy atom. The smallest absolute Gasteiger partial charge is 0.336 e. The lowest BCUT2D eigenvalue weighted by Crippen LogP contribution is -2.45. The fourth-order valence-corrected chi connectivity index (χ4v) is 1.83. The van der Waals surface area contributed by atoms with Gasteiger partial charge in [0.2, 0.25) is 0 Å². The van der Waals surface area contributed by atoms with E-state index in [9.17, 15) is 4.79 Å². The lowest BCUT2D eigenvalue weighted by Gasteiger charge is -2.30. The molecule has 2 rings (SSSR count). The van der Waals surface area contributed by atoms with Crippen LogP contribution in [0.4, 0.5) is 0 Å². The zero-order chi connectivity index (χ0) is 12.3. The summed E-state index contributed by atoms with van der Waals surface area (Å²) in [6.07, 6.45) is -0.502. The highest BCUT2D eigenvalue weighted by Gasteiger charge is 2.27. The third-order valence-corrected chi connectivity index (χ3v) is 2.67. The zero-order valence-electron chi connectivity index (χ0n) is 10.0. The summed E-state index contributed by atoms with van der Waals surface area (Å²) in [5, 5.41) is 3.83. The molecule has 0 aliphatic carbocycles. The second-order valence-electron chi connectivity index (χ2n) is 4.05. The third kappa shape index (κ3) is 3.04. The van der Waals surface area contributed by atoms with Gasteiger partial charge in [-0.25, -0.2) is 4.79 Å². The van der Waals surface area contributed by atoms with Crippen LogP contribution in [0.5, 0.6) is 0 Å². The number of nitrogens with zero attached hydrogens (tertiary/aromatic N) is 2. The third-order valence-electron chi connectivity index (χ3n) is 2.67. The predicted octanol–water partition coefficient (Wildman–Crippen LogP) is 0.357. The molecule has 0 amide bonds. The van der Waals surface area contributed by atoms with Gasteiger partial charge in [0.15, 0.2) is 11.9 Å². The van der Waals surface area contributed by atoms with Crippen molar-refractivity contribution in [3.8, 4) is 0 Å². The summed E-state index contributed by atoms with van der Waals surface area (Å²) < 4.78 is 15.1. The van der Waals surface area contributed by atoms with E-state index in [2.05, 4.69) is 14.8 Å². The van der Waals surface area contributed by atoms with Crippen molar-refractivity contribution >= 4 is 5.97 Å². The molecule has 2 heterocycles. The molecule has 1 aromatic heterocycles. The molecule has 0 aromatic carbocycles. The van der Waals surface area contributed by atoms with Gasteiger partial charge in [0.1, 0.15) is 0 Å². The van der Waals surface area contributed by atoms with Gasteiger partial charge < -0.3 is 14.0 Å². The average Bonchev–Trinajstić information content (AvgIpc) is 2.74. The van der Waals surface area contributed by atoms with Crippen LogP contribution in [0.1, 0.15) is 11.5 Å². The first-order valence-corrected chi connectivity index (χ1v) is 5.53. The van der Waals surface area contributed by atoms with E-state index in [1.54, 1.807) is 0 Å². The van der Waals surface area contributed by atoms with Crippen molar-refractivity contribution in [3.63, 3.8) is 0 Å². The number of methoxy groups -OCH3 is 1. The molecule has 1 aromatic rings. The normalized spacial score (nSPS) is 21.4. The summed E-state index contributed by atoms with van der Waals surface area (Å²) in [4.78, 5) is 13.4. The molecule has 0 saturated carbocycles. The highest BCUT2D eigenvalue weighted by Crippen LogP contribution is 2.12. The molecule has 1 aliphatic heterocycles. The van der Waals surface area contributed by atoms with Crippen molar-refractivity contribution in [2.75, 3.05) is 26.8 Å². The van der Waals surface area contributed by atoms with Crippen molar-refractivity contribution in [3.05, 3.63) is 17.5 Å². The molecule has 0 bridgehead atoms. The molecule has 94 valence electrons. The van der Waals surface area contributed by atoms with Crippen LogP contribution in [0.2, 0.25) is 0 Å². The minimum absolute atomic E-state index is 0.330. The maximum absolute atomic E-state index is 11.4. The van der Waals surface area contributed by atoms with Gasteiger partial charge in [-0.2, -0.15) is 0 Å². The van der Waals surface area contributed by atoms with Crippen LogP contribution in [-0.4, -0.2) is 48.9 Å². The highest BCUT2D eigenvalue weighted by atomic mass is 16.6. The Labute approximate surface area is 99.5 Å². The maximum Gasteiger partial charge on any atom is 0.336 e. The molecule has 0 radical (unpaired) electrons. The average molecular weight is 240 g/mol. The van der Waals surface area contributed by atoms with Gasteiger partial charge in [-0.3, -0.25) is 4.90 Å². The Kier molecular flexibility index (Phi) is 3.75. The molecular weight excluding hydrogens is 224 g/mol. The lowest BCUT2D eigenvalue weighted by molar-refractivity contribution is -0.160. The molecule has 1 unspecified atom stereocenters. The number of rotatable bonds is 3. The van der Waals surface area contributed by atoms with E-state index in [4.69, 9.17) is 9.26 Å². The Balaban J connectivity index is 1.91. The highest BCUT2D eigenvalue weighted by molar-refractivity contribution is 5.74. The number of carbonyl (C=O) groups excluding carboxylic acids is 1. The molecule has 17 heavy (non-hydrogen) atoms. The first-order valence-electron chi connectivity index (χ1n) is 5.53. The van der Waals surface area contributed by atoms with Crippen molar-refractivity contribution in [2.24, 2.45) is 0 Å². The number of aromatic nitrogens is 1. The number of carbonyl (C=O) groups is 1. The van der Waals surface area contributed by atoms with Gasteiger partial charge in [0.25, 0.3) is 0 Å². The van der Waals surface area contributed by atoms with E-state index < -0.39 is 6.10 Å². The van der Waals surface area contributed by atoms with Crippen LogP contribution >= 0.6 is 0 Å². The molecule has 1 aliphatic rings. The second-order valence-corrected chi connectivity index (χ2v) is 4.05. The van der Waals surface area contributed by atoms with Crippen LogP contribution in [-0.2, 0) is 20.8 Å². The zero-order valence-corrected chi connectivity index (χ0v) is 10.0. The molecule has 1 fully saturated rings. The quantitative estimate of drug-likeness (QED) is 0.711. The molecule has 1 atom stereocenters. The van der Waals surface area contributed by atoms with Crippen molar-refractivity contribution in [1.29, 1.82) is 0 Å². The van der Waals surface area contributed by atoms with Crippen LogP contribution in [0.25, 0.3) is 0 Å². The Morgan fingerprint density at radius 3 is 3.18 bits per heavy atom. The molecule has 6 nitrogen and oxygen atoms in total. The molecule has 0 spiro atoms. The minimum Gasteiger partial charge on any atom is -0.467 e. The first-order chi connectivity index (χ1) is 8.19. The maximum atomic E-state index is 11.4. The fraction of sp³-hybridized carbons (Fsp3) is 0.636. The number of hydrogen-bond donors (Lipinski definition) is 0. The van der Waals surface area contributed by atoms with Gasteiger partial charge in [-0.05, 0) is 6.92 Å².